The molecule has 0 aliphatic carbocycles. The van der Waals surface area contributed by atoms with Crippen LogP contribution in [0, 0.1) is 10.6 Å². The summed E-state index contributed by atoms with van der Waals surface area (Å²) in [5.74, 6) is 0.903. The van der Waals surface area contributed by atoms with Crippen molar-refractivity contribution in [1.29, 1.82) is 0 Å². The van der Waals surface area contributed by atoms with Crippen molar-refractivity contribution in [1.82, 2.24) is 9.13 Å². The van der Waals surface area contributed by atoms with Crippen molar-refractivity contribution < 1.29 is 5.11 Å². The second kappa shape index (κ2) is 5.16. The van der Waals surface area contributed by atoms with Gasteiger partial charge in [0, 0.05) is 32.5 Å². The van der Waals surface area contributed by atoms with Crippen molar-refractivity contribution in [3.8, 4) is 0 Å². The molecule has 1 N–H and O–H groups in total. The standard InChI is InChI=1S/C12H17N3O2S/c1-14-10-9(11(18)15(2)12(14)17)4-3-8(5-6-16)7-13-10/h7-8,16H,3-6H2,1-2H3. The molecule has 0 aromatic carbocycles. The third kappa shape index (κ3) is 2.18. The molecule has 6 heteroatoms. The van der Waals surface area contributed by atoms with E-state index in [4.69, 9.17) is 17.3 Å². The molecule has 18 heavy (non-hydrogen) atoms. The highest BCUT2D eigenvalue weighted by molar-refractivity contribution is 7.71. The molecule has 0 amide bonds. The van der Waals surface area contributed by atoms with Crippen LogP contribution in [0.3, 0.4) is 0 Å². The molecule has 1 aromatic rings. The summed E-state index contributed by atoms with van der Waals surface area (Å²) in [7, 11) is 3.39. The van der Waals surface area contributed by atoms with Crippen molar-refractivity contribution >= 4 is 24.3 Å². The van der Waals surface area contributed by atoms with Crippen LogP contribution in [0.1, 0.15) is 18.4 Å². The molecule has 0 bridgehead atoms. The number of hydrogen-bond acceptors (Lipinski definition) is 4. The minimum Gasteiger partial charge on any atom is -0.396 e. The minimum absolute atomic E-state index is 0.153. The van der Waals surface area contributed by atoms with Gasteiger partial charge in [-0.05, 0) is 25.2 Å². The Morgan fingerprint density at radius 2 is 2.22 bits per heavy atom. The lowest BCUT2D eigenvalue weighted by Gasteiger charge is -2.11. The Morgan fingerprint density at radius 1 is 1.50 bits per heavy atom. The fourth-order valence-corrected chi connectivity index (χ4v) is 2.52. The van der Waals surface area contributed by atoms with E-state index < -0.39 is 0 Å². The number of aliphatic imine (C=N–C) groups is 1. The number of aromatic nitrogens is 2. The largest absolute Gasteiger partial charge is 0.396 e. The predicted octanol–water partition coefficient (Wildman–Crippen LogP) is 1.10. The van der Waals surface area contributed by atoms with Gasteiger partial charge in [-0.15, -0.1) is 0 Å². The van der Waals surface area contributed by atoms with Gasteiger partial charge >= 0.3 is 5.69 Å². The average molecular weight is 267 g/mol. The number of aliphatic hydroxyl groups is 1. The van der Waals surface area contributed by atoms with Crippen LogP contribution in [0.2, 0.25) is 0 Å². The Kier molecular flexibility index (Phi) is 3.77. The van der Waals surface area contributed by atoms with E-state index >= 15 is 0 Å². The first-order chi connectivity index (χ1) is 8.56. The van der Waals surface area contributed by atoms with E-state index in [-0.39, 0.29) is 18.2 Å². The number of aliphatic hydroxyl groups excluding tert-OH is 1. The van der Waals surface area contributed by atoms with Crippen molar-refractivity contribution in [2.45, 2.75) is 19.3 Å². The third-order valence-electron chi connectivity index (χ3n) is 3.40. The van der Waals surface area contributed by atoms with Crippen LogP contribution < -0.4 is 5.69 Å². The fourth-order valence-electron chi connectivity index (χ4n) is 2.25. The van der Waals surface area contributed by atoms with Gasteiger partial charge in [-0.3, -0.25) is 9.13 Å². The highest BCUT2D eigenvalue weighted by Gasteiger charge is 2.17. The molecule has 0 radical (unpaired) electrons. The van der Waals surface area contributed by atoms with E-state index in [1.54, 1.807) is 14.1 Å². The van der Waals surface area contributed by atoms with E-state index in [0.29, 0.717) is 16.9 Å². The molecule has 0 saturated carbocycles. The van der Waals surface area contributed by atoms with Crippen molar-refractivity contribution in [3.05, 3.63) is 20.7 Å². The van der Waals surface area contributed by atoms with E-state index in [0.717, 1.165) is 18.4 Å². The van der Waals surface area contributed by atoms with Crippen LogP contribution >= 0.6 is 12.2 Å². The maximum Gasteiger partial charge on any atom is 0.330 e. The summed E-state index contributed by atoms with van der Waals surface area (Å²) in [4.78, 5) is 16.3. The summed E-state index contributed by atoms with van der Waals surface area (Å²) in [6.07, 6.45) is 4.22. The molecule has 0 saturated heterocycles. The summed E-state index contributed by atoms with van der Waals surface area (Å²) in [6, 6.07) is 0. The van der Waals surface area contributed by atoms with Crippen LogP contribution in [-0.4, -0.2) is 27.1 Å². The zero-order valence-electron chi connectivity index (χ0n) is 10.6. The smallest absolute Gasteiger partial charge is 0.330 e. The maximum atomic E-state index is 11.9. The van der Waals surface area contributed by atoms with E-state index in [9.17, 15) is 4.79 Å². The van der Waals surface area contributed by atoms with Crippen molar-refractivity contribution in [3.63, 3.8) is 0 Å². The monoisotopic (exact) mass is 267 g/mol. The summed E-state index contributed by atoms with van der Waals surface area (Å²) in [5.41, 5.74) is 0.794. The molecule has 98 valence electrons. The number of nitrogens with zero attached hydrogens (tertiary/aromatic N) is 3. The van der Waals surface area contributed by atoms with Gasteiger partial charge in [0.2, 0.25) is 0 Å². The van der Waals surface area contributed by atoms with Crippen LogP contribution in [0.25, 0.3) is 0 Å². The van der Waals surface area contributed by atoms with Crippen LogP contribution in [0.5, 0.6) is 0 Å². The molecule has 1 atom stereocenters. The van der Waals surface area contributed by atoms with Gasteiger partial charge in [-0.25, -0.2) is 9.79 Å². The topological polar surface area (TPSA) is 59.5 Å². The van der Waals surface area contributed by atoms with E-state index in [2.05, 4.69) is 4.99 Å². The van der Waals surface area contributed by atoms with Crippen molar-refractivity contribution in [2.75, 3.05) is 6.61 Å². The molecule has 1 aliphatic heterocycles. The van der Waals surface area contributed by atoms with Crippen LogP contribution in [-0.2, 0) is 20.5 Å². The number of fused-ring (bicyclic) bond motifs is 1. The first kappa shape index (κ1) is 13.2. The van der Waals surface area contributed by atoms with Gasteiger partial charge in [-0.2, -0.15) is 0 Å². The highest BCUT2D eigenvalue weighted by atomic mass is 32.1. The minimum atomic E-state index is -0.156. The Bertz CT molecular complexity index is 601. The van der Waals surface area contributed by atoms with Gasteiger partial charge < -0.3 is 5.11 Å². The lowest BCUT2D eigenvalue weighted by molar-refractivity contribution is 0.272. The third-order valence-corrected chi connectivity index (χ3v) is 3.92. The van der Waals surface area contributed by atoms with E-state index in [1.165, 1.54) is 9.13 Å². The Hall–Kier alpha value is -1.27. The molecular formula is C12H17N3O2S. The number of hydrogen-bond donors (Lipinski definition) is 1. The van der Waals surface area contributed by atoms with Crippen molar-refractivity contribution in [2.24, 2.45) is 25.0 Å². The van der Waals surface area contributed by atoms with Gasteiger partial charge in [0.05, 0.1) is 0 Å². The highest BCUT2D eigenvalue weighted by Crippen LogP contribution is 2.25. The molecule has 0 spiro atoms. The lowest BCUT2D eigenvalue weighted by Crippen LogP contribution is -2.28. The summed E-state index contributed by atoms with van der Waals surface area (Å²) in [6.45, 7) is 0.153. The Morgan fingerprint density at radius 3 is 2.89 bits per heavy atom. The summed E-state index contributed by atoms with van der Waals surface area (Å²) < 4.78 is 3.58. The van der Waals surface area contributed by atoms with Gasteiger partial charge in [0.1, 0.15) is 10.5 Å². The lowest BCUT2D eigenvalue weighted by atomic mass is 10.00. The van der Waals surface area contributed by atoms with Crippen LogP contribution in [0.4, 0.5) is 5.82 Å². The first-order valence-electron chi connectivity index (χ1n) is 6.00. The molecule has 1 aromatic heterocycles. The summed E-state index contributed by atoms with van der Waals surface area (Å²) in [5, 5.41) is 8.98. The molecule has 2 heterocycles. The first-order valence-corrected chi connectivity index (χ1v) is 6.41. The fraction of sp³-hybridized carbons (Fsp3) is 0.583. The van der Waals surface area contributed by atoms with Gasteiger partial charge in [-0.1, -0.05) is 12.2 Å². The second-order valence-corrected chi connectivity index (χ2v) is 4.98. The van der Waals surface area contributed by atoms with E-state index in [1.807, 2.05) is 6.21 Å². The SMILES string of the molecule is Cn1c2c(c(=S)n(C)c1=O)CCC(CCO)C=N2. The van der Waals surface area contributed by atoms with Gasteiger partial charge in [0.15, 0.2) is 0 Å². The number of rotatable bonds is 2. The molecule has 5 nitrogen and oxygen atoms in total. The van der Waals surface area contributed by atoms with Gasteiger partial charge in [0.25, 0.3) is 0 Å². The second-order valence-electron chi connectivity index (χ2n) is 4.60. The quantitative estimate of drug-likeness (QED) is 0.816. The zero-order chi connectivity index (χ0) is 13.3. The molecule has 2 rings (SSSR count). The predicted molar refractivity (Wildman–Crippen MR) is 73.2 cm³/mol. The average Bonchev–Trinajstić information content (AvgIpc) is 2.57. The Labute approximate surface area is 110 Å². The molecule has 0 fully saturated rings. The Balaban J connectivity index is 2.55. The molecule has 1 unspecified atom stereocenters. The molecule has 1 aliphatic rings. The normalized spacial score (nSPS) is 18.5. The van der Waals surface area contributed by atoms with Crippen LogP contribution in [0.15, 0.2) is 9.79 Å². The molecular weight excluding hydrogens is 250 g/mol. The zero-order valence-corrected chi connectivity index (χ0v) is 11.4. The summed E-state index contributed by atoms with van der Waals surface area (Å²) >= 11 is 5.32. The maximum absolute atomic E-state index is 11.9.